The quantitative estimate of drug-likeness (QED) is 0.892. The minimum atomic E-state index is 0.698. The molecule has 1 aromatic rings. The zero-order valence-corrected chi connectivity index (χ0v) is 12.3. The van der Waals surface area contributed by atoms with Crippen LogP contribution in [0.2, 0.25) is 0 Å². The van der Waals surface area contributed by atoms with Crippen molar-refractivity contribution < 1.29 is 0 Å². The van der Waals surface area contributed by atoms with Crippen molar-refractivity contribution in [2.24, 2.45) is 11.3 Å². The first kappa shape index (κ1) is 13.0. The molecule has 0 radical (unpaired) electrons. The van der Waals surface area contributed by atoms with Crippen molar-refractivity contribution in [2.75, 3.05) is 31.1 Å². The number of nitrogens with zero attached hydrogens (tertiary/aromatic N) is 1. The molecule has 3 rings (SSSR count). The summed E-state index contributed by atoms with van der Waals surface area (Å²) >= 11 is 0. The van der Waals surface area contributed by atoms with E-state index in [9.17, 15) is 0 Å². The van der Waals surface area contributed by atoms with E-state index in [1.165, 1.54) is 50.1 Å². The molecule has 1 aliphatic heterocycles. The molecule has 1 spiro atoms. The maximum absolute atomic E-state index is 3.49. The normalized spacial score (nSPS) is 24.4. The number of aryl methyl sites for hydroxylation is 1. The highest BCUT2D eigenvalue weighted by atomic mass is 15.1. The fraction of sp³-hybridized carbons (Fsp3) is 0.647. The summed E-state index contributed by atoms with van der Waals surface area (Å²) in [5, 5.41) is 3.49. The molecule has 1 aromatic carbocycles. The Labute approximate surface area is 117 Å². The molecule has 0 amide bonds. The molecule has 1 aliphatic carbocycles. The molecule has 1 N–H and O–H groups in total. The molecule has 104 valence electrons. The smallest absolute Gasteiger partial charge is 0.0366 e. The highest BCUT2D eigenvalue weighted by molar-refractivity contribution is 5.47. The van der Waals surface area contributed by atoms with Gasteiger partial charge in [-0.3, -0.25) is 0 Å². The summed E-state index contributed by atoms with van der Waals surface area (Å²) in [6.45, 7) is 9.26. The van der Waals surface area contributed by atoms with Crippen molar-refractivity contribution in [3.05, 3.63) is 29.8 Å². The summed E-state index contributed by atoms with van der Waals surface area (Å²) in [6, 6.07) is 9.00. The SMILES string of the molecule is CCN(CC1CC12CCNCC2)c1ccc(C)cc1. The van der Waals surface area contributed by atoms with Gasteiger partial charge in [0, 0.05) is 18.8 Å². The molecule has 2 fully saturated rings. The summed E-state index contributed by atoms with van der Waals surface area (Å²) in [6.07, 6.45) is 4.24. The van der Waals surface area contributed by atoms with E-state index in [1.54, 1.807) is 0 Å². The van der Waals surface area contributed by atoms with E-state index in [0.717, 1.165) is 12.5 Å². The molecule has 2 heteroatoms. The Morgan fingerprint density at radius 1 is 1.21 bits per heavy atom. The molecule has 19 heavy (non-hydrogen) atoms. The molecule has 2 aliphatic rings. The molecular weight excluding hydrogens is 232 g/mol. The number of piperidine rings is 1. The zero-order valence-electron chi connectivity index (χ0n) is 12.3. The topological polar surface area (TPSA) is 15.3 Å². The van der Waals surface area contributed by atoms with E-state index in [-0.39, 0.29) is 0 Å². The van der Waals surface area contributed by atoms with E-state index in [4.69, 9.17) is 0 Å². The summed E-state index contributed by atoms with van der Waals surface area (Å²) in [5.74, 6) is 0.927. The Morgan fingerprint density at radius 2 is 1.89 bits per heavy atom. The van der Waals surface area contributed by atoms with Crippen LogP contribution in [0.25, 0.3) is 0 Å². The molecule has 1 atom stereocenters. The minimum absolute atomic E-state index is 0.698. The summed E-state index contributed by atoms with van der Waals surface area (Å²) in [4.78, 5) is 2.56. The number of anilines is 1. The Hall–Kier alpha value is -1.02. The van der Waals surface area contributed by atoms with Gasteiger partial charge in [0.1, 0.15) is 0 Å². The van der Waals surface area contributed by atoms with Crippen LogP contribution in [-0.2, 0) is 0 Å². The number of rotatable bonds is 4. The molecular formula is C17H26N2. The molecule has 1 heterocycles. The largest absolute Gasteiger partial charge is 0.372 e. The van der Waals surface area contributed by atoms with Crippen LogP contribution >= 0.6 is 0 Å². The number of nitrogens with one attached hydrogen (secondary N) is 1. The van der Waals surface area contributed by atoms with Crippen LogP contribution in [0.4, 0.5) is 5.69 Å². The van der Waals surface area contributed by atoms with Gasteiger partial charge >= 0.3 is 0 Å². The van der Waals surface area contributed by atoms with Crippen LogP contribution in [0.5, 0.6) is 0 Å². The fourth-order valence-electron chi connectivity index (χ4n) is 3.67. The lowest BCUT2D eigenvalue weighted by Crippen LogP contribution is -2.32. The molecule has 1 saturated heterocycles. The number of hydrogen-bond donors (Lipinski definition) is 1. The second-order valence-corrected chi connectivity index (χ2v) is 6.39. The van der Waals surface area contributed by atoms with Gasteiger partial charge in [-0.15, -0.1) is 0 Å². The standard InChI is InChI=1S/C17H26N2/c1-3-19(16-6-4-14(2)5-7-16)13-15-12-17(15)8-10-18-11-9-17/h4-7,15,18H,3,8-13H2,1-2H3. The van der Waals surface area contributed by atoms with Gasteiger partial charge in [0.2, 0.25) is 0 Å². The van der Waals surface area contributed by atoms with Gasteiger partial charge in [-0.05, 0) is 69.7 Å². The van der Waals surface area contributed by atoms with Crippen molar-refractivity contribution >= 4 is 5.69 Å². The van der Waals surface area contributed by atoms with Crippen molar-refractivity contribution in [3.8, 4) is 0 Å². The molecule has 1 unspecified atom stereocenters. The Balaban J connectivity index is 1.63. The molecule has 0 aromatic heterocycles. The highest BCUT2D eigenvalue weighted by Gasteiger charge is 2.53. The predicted molar refractivity (Wildman–Crippen MR) is 81.7 cm³/mol. The summed E-state index contributed by atoms with van der Waals surface area (Å²) in [5.41, 5.74) is 3.44. The third-order valence-corrected chi connectivity index (χ3v) is 5.18. The van der Waals surface area contributed by atoms with E-state index >= 15 is 0 Å². The first-order chi connectivity index (χ1) is 9.23. The van der Waals surface area contributed by atoms with Crippen LogP contribution in [-0.4, -0.2) is 26.2 Å². The van der Waals surface area contributed by atoms with Crippen molar-refractivity contribution in [3.63, 3.8) is 0 Å². The Morgan fingerprint density at radius 3 is 2.53 bits per heavy atom. The Bertz CT molecular complexity index is 417. The summed E-state index contributed by atoms with van der Waals surface area (Å²) in [7, 11) is 0. The highest BCUT2D eigenvalue weighted by Crippen LogP contribution is 2.58. The van der Waals surface area contributed by atoms with Crippen LogP contribution in [0.15, 0.2) is 24.3 Å². The third-order valence-electron chi connectivity index (χ3n) is 5.18. The second kappa shape index (κ2) is 5.16. The minimum Gasteiger partial charge on any atom is -0.372 e. The van der Waals surface area contributed by atoms with Crippen molar-refractivity contribution in [1.29, 1.82) is 0 Å². The predicted octanol–water partition coefficient (Wildman–Crippen LogP) is 3.21. The maximum Gasteiger partial charge on any atom is 0.0366 e. The lowest BCUT2D eigenvalue weighted by Gasteiger charge is -2.28. The lowest BCUT2D eigenvalue weighted by atomic mass is 9.92. The lowest BCUT2D eigenvalue weighted by molar-refractivity contribution is 0.323. The van der Waals surface area contributed by atoms with E-state index in [0.29, 0.717) is 5.41 Å². The monoisotopic (exact) mass is 258 g/mol. The van der Waals surface area contributed by atoms with E-state index < -0.39 is 0 Å². The van der Waals surface area contributed by atoms with Crippen molar-refractivity contribution in [2.45, 2.75) is 33.1 Å². The average Bonchev–Trinajstić information content (AvgIpc) is 3.09. The zero-order chi connectivity index (χ0) is 13.3. The molecule has 2 nitrogen and oxygen atoms in total. The van der Waals surface area contributed by atoms with Gasteiger partial charge in [0.05, 0.1) is 0 Å². The summed E-state index contributed by atoms with van der Waals surface area (Å²) < 4.78 is 0. The van der Waals surface area contributed by atoms with E-state index in [1.807, 2.05) is 0 Å². The van der Waals surface area contributed by atoms with Crippen LogP contribution in [0.1, 0.15) is 31.7 Å². The second-order valence-electron chi connectivity index (χ2n) is 6.39. The van der Waals surface area contributed by atoms with Crippen LogP contribution in [0, 0.1) is 18.3 Å². The number of benzene rings is 1. The van der Waals surface area contributed by atoms with Crippen molar-refractivity contribution in [1.82, 2.24) is 5.32 Å². The third kappa shape index (κ3) is 2.64. The van der Waals surface area contributed by atoms with Gasteiger partial charge in [-0.25, -0.2) is 0 Å². The first-order valence-electron chi connectivity index (χ1n) is 7.76. The van der Waals surface area contributed by atoms with Crippen LogP contribution < -0.4 is 10.2 Å². The van der Waals surface area contributed by atoms with E-state index in [2.05, 4.69) is 48.3 Å². The van der Waals surface area contributed by atoms with Gasteiger partial charge in [-0.1, -0.05) is 17.7 Å². The number of hydrogen-bond acceptors (Lipinski definition) is 2. The maximum atomic E-state index is 3.49. The molecule has 1 saturated carbocycles. The van der Waals surface area contributed by atoms with Gasteiger partial charge in [0.25, 0.3) is 0 Å². The average molecular weight is 258 g/mol. The van der Waals surface area contributed by atoms with Gasteiger partial charge in [0.15, 0.2) is 0 Å². The molecule has 0 bridgehead atoms. The Kier molecular flexibility index (Phi) is 3.53. The fourth-order valence-corrected chi connectivity index (χ4v) is 3.67. The van der Waals surface area contributed by atoms with Gasteiger partial charge < -0.3 is 10.2 Å². The first-order valence-corrected chi connectivity index (χ1v) is 7.76. The van der Waals surface area contributed by atoms with Gasteiger partial charge in [-0.2, -0.15) is 0 Å². The van der Waals surface area contributed by atoms with Crippen LogP contribution in [0.3, 0.4) is 0 Å².